The van der Waals surface area contributed by atoms with Crippen LogP contribution in [0.15, 0.2) is 42.5 Å². The highest BCUT2D eigenvalue weighted by Gasteiger charge is 2.07. The fourth-order valence-electron chi connectivity index (χ4n) is 1.93. The normalized spacial score (nSPS) is 10.2. The SMILES string of the molecule is Nc1cc(N)cc(C(=O)NCc2cccc(CO)c2)c1. The summed E-state index contributed by atoms with van der Waals surface area (Å²) in [7, 11) is 0. The molecular formula is C15H17N3O2. The second-order valence-corrected chi connectivity index (χ2v) is 4.55. The summed E-state index contributed by atoms with van der Waals surface area (Å²) < 4.78 is 0. The third-order valence-corrected chi connectivity index (χ3v) is 2.87. The number of aliphatic hydroxyl groups is 1. The lowest BCUT2D eigenvalue weighted by Crippen LogP contribution is -2.23. The van der Waals surface area contributed by atoms with Crippen molar-refractivity contribution in [2.24, 2.45) is 0 Å². The first kappa shape index (κ1) is 13.9. The summed E-state index contributed by atoms with van der Waals surface area (Å²) in [6, 6.07) is 12.1. The average molecular weight is 271 g/mol. The molecule has 0 fully saturated rings. The van der Waals surface area contributed by atoms with E-state index in [-0.39, 0.29) is 12.5 Å². The zero-order valence-corrected chi connectivity index (χ0v) is 11.0. The van der Waals surface area contributed by atoms with Crippen LogP contribution in [0.1, 0.15) is 21.5 Å². The molecule has 0 saturated heterocycles. The molecule has 0 unspecified atom stereocenters. The molecule has 104 valence electrons. The van der Waals surface area contributed by atoms with E-state index < -0.39 is 0 Å². The molecule has 0 aromatic heterocycles. The Bertz CT molecular complexity index is 606. The van der Waals surface area contributed by atoms with Gasteiger partial charge in [-0.25, -0.2) is 0 Å². The molecule has 0 atom stereocenters. The Hall–Kier alpha value is -2.53. The number of nitrogens with two attached hydrogens (primary N) is 2. The molecule has 2 aromatic carbocycles. The van der Waals surface area contributed by atoms with Gasteiger partial charge in [-0.1, -0.05) is 24.3 Å². The van der Waals surface area contributed by atoms with Crippen LogP contribution >= 0.6 is 0 Å². The number of hydrogen-bond acceptors (Lipinski definition) is 4. The minimum Gasteiger partial charge on any atom is -0.399 e. The van der Waals surface area contributed by atoms with Crippen LogP contribution < -0.4 is 16.8 Å². The van der Waals surface area contributed by atoms with E-state index >= 15 is 0 Å². The minimum atomic E-state index is -0.238. The minimum absolute atomic E-state index is 0.0203. The topological polar surface area (TPSA) is 101 Å². The second kappa shape index (κ2) is 6.08. The third kappa shape index (κ3) is 3.49. The van der Waals surface area contributed by atoms with E-state index in [1.807, 2.05) is 24.3 Å². The summed E-state index contributed by atoms with van der Waals surface area (Å²) in [5.41, 5.74) is 14.4. The van der Waals surface area contributed by atoms with Gasteiger partial charge < -0.3 is 21.9 Å². The first-order chi connectivity index (χ1) is 9.58. The monoisotopic (exact) mass is 271 g/mol. The molecule has 2 aromatic rings. The van der Waals surface area contributed by atoms with Gasteiger partial charge in [0, 0.05) is 23.5 Å². The molecule has 0 spiro atoms. The van der Waals surface area contributed by atoms with Crippen molar-refractivity contribution in [2.45, 2.75) is 13.2 Å². The zero-order valence-electron chi connectivity index (χ0n) is 11.0. The summed E-state index contributed by atoms with van der Waals surface area (Å²) >= 11 is 0. The fourth-order valence-corrected chi connectivity index (χ4v) is 1.93. The Kier molecular flexibility index (Phi) is 4.22. The molecular weight excluding hydrogens is 254 g/mol. The number of carbonyl (C=O) groups excluding carboxylic acids is 1. The van der Waals surface area contributed by atoms with Crippen LogP contribution in [0.25, 0.3) is 0 Å². The van der Waals surface area contributed by atoms with Crippen molar-refractivity contribution in [3.05, 3.63) is 59.2 Å². The molecule has 5 nitrogen and oxygen atoms in total. The quantitative estimate of drug-likeness (QED) is 0.629. The van der Waals surface area contributed by atoms with Crippen molar-refractivity contribution in [3.63, 3.8) is 0 Å². The molecule has 0 heterocycles. The fraction of sp³-hybridized carbons (Fsp3) is 0.133. The summed E-state index contributed by atoms with van der Waals surface area (Å²) in [6.07, 6.45) is 0. The molecule has 0 aliphatic heterocycles. The van der Waals surface area contributed by atoms with E-state index in [4.69, 9.17) is 16.6 Å². The maximum absolute atomic E-state index is 12.0. The number of nitrogens with one attached hydrogen (secondary N) is 1. The van der Waals surface area contributed by atoms with Crippen molar-refractivity contribution in [1.29, 1.82) is 0 Å². The van der Waals surface area contributed by atoms with E-state index in [2.05, 4.69) is 5.32 Å². The Morgan fingerprint density at radius 3 is 2.35 bits per heavy atom. The van der Waals surface area contributed by atoms with Crippen molar-refractivity contribution in [2.75, 3.05) is 11.5 Å². The number of hydrogen-bond donors (Lipinski definition) is 4. The van der Waals surface area contributed by atoms with E-state index in [0.29, 0.717) is 23.5 Å². The molecule has 0 aliphatic rings. The van der Waals surface area contributed by atoms with Gasteiger partial charge in [0.1, 0.15) is 0 Å². The van der Waals surface area contributed by atoms with Gasteiger partial charge in [-0.15, -0.1) is 0 Å². The van der Waals surface area contributed by atoms with Crippen LogP contribution in [0.3, 0.4) is 0 Å². The molecule has 0 aliphatic carbocycles. The van der Waals surface area contributed by atoms with Crippen molar-refractivity contribution >= 4 is 17.3 Å². The second-order valence-electron chi connectivity index (χ2n) is 4.55. The third-order valence-electron chi connectivity index (χ3n) is 2.87. The van der Waals surface area contributed by atoms with Gasteiger partial charge in [-0.3, -0.25) is 4.79 Å². The summed E-state index contributed by atoms with van der Waals surface area (Å²) in [6.45, 7) is 0.356. The maximum atomic E-state index is 12.0. The number of rotatable bonds is 4. The molecule has 6 N–H and O–H groups in total. The van der Waals surface area contributed by atoms with Gasteiger partial charge in [0.2, 0.25) is 0 Å². The highest BCUT2D eigenvalue weighted by molar-refractivity contribution is 5.96. The lowest BCUT2D eigenvalue weighted by molar-refractivity contribution is 0.0951. The number of benzene rings is 2. The molecule has 0 radical (unpaired) electrons. The number of aliphatic hydroxyl groups excluding tert-OH is 1. The van der Waals surface area contributed by atoms with Crippen LogP contribution in [0, 0.1) is 0 Å². The summed E-state index contributed by atoms with van der Waals surface area (Å²) in [5, 5.41) is 11.9. The van der Waals surface area contributed by atoms with Crippen LogP contribution in [0.2, 0.25) is 0 Å². The lowest BCUT2D eigenvalue weighted by atomic mass is 10.1. The number of amides is 1. The van der Waals surface area contributed by atoms with Crippen LogP contribution in [0.5, 0.6) is 0 Å². The smallest absolute Gasteiger partial charge is 0.251 e. The standard InChI is InChI=1S/C15H17N3O2/c16-13-5-12(6-14(17)7-13)15(20)18-8-10-2-1-3-11(4-10)9-19/h1-7,19H,8-9,16-17H2,(H,18,20). The van der Waals surface area contributed by atoms with Crippen molar-refractivity contribution in [3.8, 4) is 0 Å². The average Bonchev–Trinajstić information content (AvgIpc) is 2.44. The predicted octanol–water partition coefficient (Wildman–Crippen LogP) is 1.27. The molecule has 0 saturated carbocycles. The first-order valence-corrected chi connectivity index (χ1v) is 6.21. The maximum Gasteiger partial charge on any atom is 0.251 e. The highest BCUT2D eigenvalue weighted by atomic mass is 16.3. The zero-order chi connectivity index (χ0) is 14.5. The van der Waals surface area contributed by atoms with Crippen LogP contribution in [-0.2, 0) is 13.2 Å². The number of nitrogen functional groups attached to an aromatic ring is 2. The van der Waals surface area contributed by atoms with E-state index in [9.17, 15) is 4.79 Å². The predicted molar refractivity (Wildman–Crippen MR) is 78.8 cm³/mol. The molecule has 5 heteroatoms. The van der Waals surface area contributed by atoms with Crippen LogP contribution in [-0.4, -0.2) is 11.0 Å². The highest BCUT2D eigenvalue weighted by Crippen LogP contribution is 2.13. The van der Waals surface area contributed by atoms with E-state index in [0.717, 1.165) is 11.1 Å². The first-order valence-electron chi connectivity index (χ1n) is 6.21. The van der Waals surface area contributed by atoms with Gasteiger partial charge in [0.05, 0.1) is 6.61 Å². The molecule has 2 rings (SSSR count). The van der Waals surface area contributed by atoms with Crippen molar-refractivity contribution < 1.29 is 9.90 Å². The van der Waals surface area contributed by atoms with Gasteiger partial charge in [-0.2, -0.15) is 0 Å². The number of anilines is 2. The van der Waals surface area contributed by atoms with Gasteiger partial charge in [0.15, 0.2) is 0 Å². The molecule has 1 amide bonds. The Morgan fingerprint density at radius 2 is 1.70 bits per heavy atom. The number of carbonyl (C=O) groups is 1. The lowest BCUT2D eigenvalue weighted by Gasteiger charge is -2.08. The Balaban J connectivity index is 2.04. The van der Waals surface area contributed by atoms with Gasteiger partial charge >= 0.3 is 0 Å². The van der Waals surface area contributed by atoms with Gasteiger partial charge in [0.25, 0.3) is 5.91 Å². The van der Waals surface area contributed by atoms with E-state index in [1.165, 1.54) is 0 Å². The summed E-state index contributed by atoms with van der Waals surface area (Å²) in [4.78, 5) is 12.0. The van der Waals surface area contributed by atoms with E-state index in [1.54, 1.807) is 18.2 Å². The Labute approximate surface area is 117 Å². The summed E-state index contributed by atoms with van der Waals surface area (Å²) in [5.74, 6) is -0.238. The largest absolute Gasteiger partial charge is 0.399 e. The van der Waals surface area contributed by atoms with Gasteiger partial charge in [-0.05, 0) is 29.3 Å². The Morgan fingerprint density at radius 1 is 1.05 bits per heavy atom. The molecule has 0 bridgehead atoms. The molecule has 20 heavy (non-hydrogen) atoms. The van der Waals surface area contributed by atoms with Crippen LogP contribution in [0.4, 0.5) is 11.4 Å². The van der Waals surface area contributed by atoms with Crippen molar-refractivity contribution in [1.82, 2.24) is 5.32 Å².